The fourth-order valence-corrected chi connectivity index (χ4v) is 4.26. The monoisotopic (exact) mass is 383 g/mol. The molecule has 1 aliphatic heterocycles. The van der Waals surface area contributed by atoms with Crippen LogP contribution in [0.5, 0.6) is 5.75 Å². The highest BCUT2D eigenvalue weighted by Gasteiger charge is 2.42. The first-order valence-electron chi connectivity index (χ1n) is 9.77. The summed E-state index contributed by atoms with van der Waals surface area (Å²) in [6, 6.07) is 17.7. The molecule has 1 saturated heterocycles. The fourth-order valence-electron chi connectivity index (χ4n) is 4.26. The molecule has 1 aliphatic rings. The maximum atomic E-state index is 13.1. The van der Waals surface area contributed by atoms with Gasteiger partial charge in [0.05, 0.1) is 25.9 Å². The van der Waals surface area contributed by atoms with Gasteiger partial charge in [-0.15, -0.1) is 0 Å². The Kier molecular flexibility index (Phi) is 6.37. The van der Waals surface area contributed by atoms with Gasteiger partial charge in [0.1, 0.15) is 5.75 Å². The number of ether oxygens (including phenoxy) is 1. The molecule has 0 unspecified atom stereocenters. The molecule has 2 N–H and O–H groups in total. The van der Waals surface area contributed by atoms with Crippen LogP contribution in [-0.4, -0.2) is 47.4 Å². The van der Waals surface area contributed by atoms with Crippen LogP contribution in [0.3, 0.4) is 0 Å². The second-order valence-electron chi connectivity index (χ2n) is 7.65. The second-order valence-corrected chi connectivity index (χ2v) is 7.65. The summed E-state index contributed by atoms with van der Waals surface area (Å²) in [5.41, 5.74) is 1.67. The smallest absolute Gasteiger partial charge is 0.223 e. The van der Waals surface area contributed by atoms with Gasteiger partial charge in [0.15, 0.2) is 0 Å². The molecule has 0 saturated carbocycles. The second kappa shape index (κ2) is 8.76. The zero-order valence-corrected chi connectivity index (χ0v) is 16.5. The fraction of sp³-hybridized carbons (Fsp3) is 0.435. The number of aliphatic hydroxyl groups is 2. The lowest BCUT2D eigenvalue weighted by atomic mass is 9.68. The average molecular weight is 383 g/mol. The number of hydrogen-bond donors (Lipinski definition) is 2. The number of hydrogen-bond acceptors (Lipinski definition) is 4. The topological polar surface area (TPSA) is 70.0 Å². The van der Waals surface area contributed by atoms with Crippen molar-refractivity contribution < 1.29 is 19.7 Å². The third-order valence-corrected chi connectivity index (χ3v) is 5.93. The van der Waals surface area contributed by atoms with Crippen LogP contribution in [0.25, 0.3) is 0 Å². The van der Waals surface area contributed by atoms with Crippen molar-refractivity contribution >= 4 is 5.91 Å². The van der Waals surface area contributed by atoms with Crippen LogP contribution >= 0.6 is 0 Å². The van der Waals surface area contributed by atoms with Crippen molar-refractivity contribution in [1.82, 2.24) is 4.90 Å². The van der Waals surface area contributed by atoms with Gasteiger partial charge >= 0.3 is 0 Å². The van der Waals surface area contributed by atoms with Gasteiger partial charge in [-0.25, -0.2) is 0 Å². The number of piperidine rings is 1. The number of carbonyl (C=O) groups excluding carboxylic acids is 1. The number of likely N-dealkylation sites (tertiary alicyclic amines) is 1. The van der Waals surface area contributed by atoms with E-state index in [9.17, 15) is 15.0 Å². The van der Waals surface area contributed by atoms with E-state index in [4.69, 9.17) is 4.74 Å². The molecule has 0 aromatic heterocycles. The van der Waals surface area contributed by atoms with Gasteiger partial charge in [-0.1, -0.05) is 42.5 Å². The molecule has 1 heterocycles. The summed E-state index contributed by atoms with van der Waals surface area (Å²) in [7, 11) is 1.64. The van der Waals surface area contributed by atoms with Crippen molar-refractivity contribution in [3.8, 4) is 5.75 Å². The maximum Gasteiger partial charge on any atom is 0.223 e. The number of rotatable bonds is 7. The number of carbonyl (C=O) groups is 1. The molecule has 3 atom stereocenters. The van der Waals surface area contributed by atoms with Gasteiger partial charge in [-0.2, -0.15) is 0 Å². The van der Waals surface area contributed by atoms with Crippen LogP contribution in [0.2, 0.25) is 0 Å². The van der Waals surface area contributed by atoms with Crippen molar-refractivity contribution in [3.63, 3.8) is 0 Å². The molecule has 1 amide bonds. The predicted molar refractivity (Wildman–Crippen MR) is 108 cm³/mol. The normalized spacial score (nSPS) is 22.0. The van der Waals surface area contributed by atoms with Crippen LogP contribution in [-0.2, 0) is 10.2 Å². The Balaban J connectivity index is 1.81. The maximum absolute atomic E-state index is 13.1. The van der Waals surface area contributed by atoms with Gasteiger partial charge in [0.2, 0.25) is 5.91 Å². The highest BCUT2D eigenvalue weighted by Crippen LogP contribution is 2.42. The van der Waals surface area contributed by atoms with Gasteiger partial charge < -0.3 is 19.8 Å². The summed E-state index contributed by atoms with van der Waals surface area (Å²) in [6.07, 6.45) is 0.623. The molecule has 0 spiro atoms. The summed E-state index contributed by atoms with van der Waals surface area (Å²) in [5, 5.41) is 19.5. The lowest BCUT2D eigenvalue weighted by Crippen LogP contribution is -2.48. The summed E-state index contributed by atoms with van der Waals surface area (Å²) in [4.78, 5) is 15.1. The Hall–Kier alpha value is -2.37. The van der Waals surface area contributed by atoms with Crippen molar-refractivity contribution in [2.24, 2.45) is 0 Å². The molecule has 5 nitrogen and oxygen atoms in total. The lowest BCUT2D eigenvalue weighted by Gasteiger charge is -2.44. The highest BCUT2D eigenvalue weighted by molar-refractivity contribution is 5.79. The van der Waals surface area contributed by atoms with E-state index in [0.717, 1.165) is 23.3 Å². The molecule has 3 rings (SSSR count). The highest BCUT2D eigenvalue weighted by atomic mass is 16.5. The van der Waals surface area contributed by atoms with Crippen molar-refractivity contribution in [3.05, 3.63) is 65.7 Å². The Morgan fingerprint density at radius 2 is 1.82 bits per heavy atom. The van der Waals surface area contributed by atoms with Crippen molar-refractivity contribution in [1.29, 1.82) is 0 Å². The first-order chi connectivity index (χ1) is 13.5. The molecular weight excluding hydrogens is 354 g/mol. The third-order valence-electron chi connectivity index (χ3n) is 5.93. The first-order valence-corrected chi connectivity index (χ1v) is 9.77. The van der Waals surface area contributed by atoms with E-state index in [1.54, 1.807) is 7.11 Å². The number of benzene rings is 2. The zero-order valence-electron chi connectivity index (χ0n) is 16.5. The van der Waals surface area contributed by atoms with Crippen LogP contribution in [0.1, 0.15) is 43.4 Å². The largest absolute Gasteiger partial charge is 0.497 e. The Labute approximate surface area is 166 Å². The summed E-state index contributed by atoms with van der Waals surface area (Å²) < 4.78 is 5.21. The average Bonchev–Trinajstić information content (AvgIpc) is 2.74. The zero-order chi connectivity index (χ0) is 20.1. The van der Waals surface area contributed by atoms with Crippen LogP contribution in [0.4, 0.5) is 0 Å². The molecule has 5 heteroatoms. The Bertz CT molecular complexity index is 777. The number of aliphatic hydroxyl groups excluding tert-OH is 2. The summed E-state index contributed by atoms with van der Waals surface area (Å²) >= 11 is 0. The first kappa shape index (κ1) is 20.4. The van der Waals surface area contributed by atoms with Crippen LogP contribution < -0.4 is 4.74 Å². The molecular formula is C23H29NO4. The lowest BCUT2D eigenvalue weighted by molar-refractivity contribution is -0.139. The van der Waals surface area contributed by atoms with Crippen LogP contribution in [0.15, 0.2) is 54.6 Å². The van der Waals surface area contributed by atoms with E-state index in [1.165, 1.54) is 0 Å². The molecule has 28 heavy (non-hydrogen) atoms. The third kappa shape index (κ3) is 4.21. The van der Waals surface area contributed by atoms with Gasteiger partial charge in [-0.05, 0) is 43.0 Å². The number of amides is 1. The quantitative estimate of drug-likeness (QED) is 0.771. The number of methoxy groups -OCH3 is 1. The van der Waals surface area contributed by atoms with Gasteiger partial charge in [0, 0.05) is 18.4 Å². The summed E-state index contributed by atoms with van der Waals surface area (Å²) in [5.74, 6) is 0.866. The minimum absolute atomic E-state index is 0.0325. The minimum Gasteiger partial charge on any atom is -0.497 e. The van der Waals surface area contributed by atoms with Crippen molar-refractivity contribution in [2.75, 3.05) is 20.3 Å². The minimum atomic E-state index is -0.835. The molecule has 2 aromatic rings. The SMILES string of the molecule is COc1ccc([C@@H](C)N2CC[C@@](C[C@@H](O)CO)(c3ccccc3)CC2=O)cc1. The molecule has 0 aliphatic carbocycles. The molecule has 0 bridgehead atoms. The Morgan fingerprint density at radius 3 is 2.39 bits per heavy atom. The predicted octanol–water partition coefficient (Wildman–Crippen LogP) is 3.06. The van der Waals surface area contributed by atoms with E-state index >= 15 is 0 Å². The number of nitrogens with zero attached hydrogens (tertiary/aromatic N) is 1. The molecule has 1 fully saturated rings. The standard InChI is InChI=1S/C23H29NO4/c1-17(18-8-10-21(28-2)11-9-18)24-13-12-23(15-22(24)27,14-20(26)16-25)19-6-4-3-5-7-19/h3-11,17,20,25-26H,12-16H2,1-2H3/t17-,20-,23+/m1/s1. The molecule has 0 radical (unpaired) electrons. The summed E-state index contributed by atoms with van der Waals surface area (Å²) in [6.45, 7) is 2.35. The van der Waals surface area contributed by atoms with E-state index < -0.39 is 11.5 Å². The van der Waals surface area contributed by atoms with Gasteiger partial charge in [-0.3, -0.25) is 4.79 Å². The molecule has 2 aromatic carbocycles. The van der Waals surface area contributed by atoms with E-state index in [0.29, 0.717) is 19.4 Å². The van der Waals surface area contributed by atoms with E-state index in [2.05, 4.69) is 0 Å². The van der Waals surface area contributed by atoms with E-state index in [1.807, 2.05) is 66.4 Å². The van der Waals surface area contributed by atoms with E-state index in [-0.39, 0.29) is 18.6 Å². The van der Waals surface area contributed by atoms with Crippen molar-refractivity contribution in [2.45, 2.75) is 43.7 Å². The Morgan fingerprint density at radius 1 is 1.14 bits per heavy atom. The van der Waals surface area contributed by atoms with Crippen LogP contribution in [0, 0.1) is 0 Å². The molecule has 150 valence electrons. The van der Waals surface area contributed by atoms with Gasteiger partial charge in [0.25, 0.3) is 0 Å².